The van der Waals surface area contributed by atoms with Crippen molar-refractivity contribution in [2.45, 2.75) is 57.8 Å². The fraction of sp³-hybridized carbons (Fsp3) is 0.370. The molecule has 2 heterocycles. The number of anilines is 1. The quantitative estimate of drug-likeness (QED) is 0.316. The van der Waals surface area contributed by atoms with Crippen molar-refractivity contribution >= 4 is 34.2 Å². The summed E-state index contributed by atoms with van der Waals surface area (Å²) in [6.45, 7) is 2.57. The standard InChI is InChI=1S/C27H23F4N5O5/c1-13(11-32)40-16-6-7-19-17(10-16)25(14(2)37)34-35(19)12-23(38)36-20-8-15(20)9-21(36)26(39)33-18-4-3-5-22(24(18)28)41-27(29,30)31/h3-7,10,13,15,20-21H,8-9,12H2,1-2H3,(H,33,39)/t13?,15-,20?,21+/m1/s1. The van der Waals surface area contributed by atoms with Gasteiger partial charge in [-0.05, 0) is 56.0 Å². The molecule has 4 atom stereocenters. The van der Waals surface area contributed by atoms with Crippen LogP contribution in [0.4, 0.5) is 23.2 Å². The maximum atomic E-state index is 14.6. The van der Waals surface area contributed by atoms with E-state index in [-0.39, 0.29) is 30.0 Å². The Morgan fingerprint density at radius 1 is 1.22 bits per heavy atom. The summed E-state index contributed by atoms with van der Waals surface area (Å²) in [5.74, 6) is -3.67. The van der Waals surface area contributed by atoms with Crippen molar-refractivity contribution < 1.29 is 41.4 Å². The van der Waals surface area contributed by atoms with Gasteiger partial charge in [-0.15, -0.1) is 13.2 Å². The SMILES string of the molecule is CC(=O)c1nn(CC(=O)N2C3C[C@@H]3C[C@H]2C(=O)Nc2cccc(OC(F)(F)F)c2F)c2ccc(OC(C)C#N)cc12. The van der Waals surface area contributed by atoms with Crippen molar-refractivity contribution in [2.24, 2.45) is 5.92 Å². The molecule has 10 nitrogen and oxygen atoms in total. The highest BCUT2D eigenvalue weighted by Gasteiger charge is 2.56. The molecule has 2 unspecified atom stereocenters. The lowest BCUT2D eigenvalue weighted by molar-refractivity contribution is -0.275. The highest BCUT2D eigenvalue weighted by molar-refractivity contribution is 6.05. The van der Waals surface area contributed by atoms with Gasteiger partial charge in [-0.2, -0.15) is 10.4 Å². The lowest BCUT2D eigenvalue weighted by Crippen LogP contribution is -2.46. The number of nitriles is 1. The second-order valence-corrected chi connectivity index (χ2v) is 9.90. The number of carbonyl (C=O) groups is 3. The summed E-state index contributed by atoms with van der Waals surface area (Å²) >= 11 is 0. The van der Waals surface area contributed by atoms with Crippen LogP contribution < -0.4 is 14.8 Å². The van der Waals surface area contributed by atoms with Gasteiger partial charge in [0.15, 0.2) is 23.5 Å². The van der Waals surface area contributed by atoms with Crippen molar-refractivity contribution in [3.8, 4) is 17.6 Å². The number of piperidine rings is 1. The third-order valence-electron chi connectivity index (χ3n) is 6.98. The first kappa shape index (κ1) is 27.9. The van der Waals surface area contributed by atoms with Gasteiger partial charge in [0.05, 0.1) is 11.2 Å². The van der Waals surface area contributed by atoms with E-state index in [4.69, 9.17) is 10.00 Å². The van der Waals surface area contributed by atoms with E-state index < -0.39 is 47.6 Å². The first-order valence-corrected chi connectivity index (χ1v) is 12.6. The summed E-state index contributed by atoms with van der Waals surface area (Å²) in [5, 5.41) is 16.0. The molecule has 1 aliphatic heterocycles. The Morgan fingerprint density at radius 3 is 2.66 bits per heavy atom. The molecular weight excluding hydrogens is 550 g/mol. The highest BCUT2D eigenvalue weighted by atomic mass is 19.4. The van der Waals surface area contributed by atoms with Crippen LogP contribution in [0.1, 0.15) is 37.2 Å². The van der Waals surface area contributed by atoms with Gasteiger partial charge in [-0.25, -0.2) is 4.39 Å². The van der Waals surface area contributed by atoms with Crippen LogP contribution >= 0.6 is 0 Å². The molecule has 2 fully saturated rings. The number of ketones is 1. The number of hydrogen-bond acceptors (Lipinski definition) is 7. The zero-order valence-electron chi connectivity index (χ0n) is 21.7. The molecule has 2 aromatic carbocycles. The minimum absolute atomic E-state index is 0.0587. The number of alkyl halides is 3. The van der Waals surface area contributed by atoms with Crippen LogP contribution in [-0.4, -0.2) is 56.8 Å². The molecule has 1 N–H and O–H groups in total. The molecule has 1 aliphatic carbocycles. The van der Waals surface area contributed by atoms with Crippen LogP contribution in [0.25, 0.3) is 10.9 Å². The number of amides is 2. The summed E-state index contributed by atoms with van der Waals surface area (Å²) < 4.78 is 62.9. The van der Waals surface area contributed by atoms with Crippen molar-refractivity contribution in [3.05, 3.63) is 47.9 Å². The number of ether oxygens (including phenoxy) is 2. The molecule has 0 bridgehead atoms. The number of halogens is 4. The Balaban J connectivity index is 1.36. The van der Waals surface area contributed by atoms with E-state index >= 15 is 0 Å². The second kappa shape index (κ2) is 10.4. The van der Waals surface area contributed by atoms with Gasteiger partial charge in [-0.3, -0.25) is 19.1 Å². The van der Waals surface area contributed by atoms with Crippen molar-refractivity contribution in [2.75, 3.05) is 5.32 Å². The predicted molar refractivity (Wildman–Crippen MR) is 134 cm³/mol. The normalized spacial score (nSPS) is 20.2. The van der Waals surface area contributed by atoms with Crippen LogP contribution in [0.15, 0.2) is 36.4 Å². The van der Waals surface area contributed by atoms with Gasteiger partial charge >= 0.3 is 6.36 Å². The molecule has 214 valence electrons. The monoisotopic (exact) mass is 573 g/mol. The zero-order chi connectivity index (χ0) is 29.6. The number of nitrogens with zero attached hydrogens (tertiary/aromatic N) is 4. The van der Waals surface area contributed by atoms with Crippen molar-refractivity contribution in [3.63, 3.8) is 0 Å². The van der Waals surface area contributed by atoms with Crippen molar-refractivity contribution in [1.82, 2.24) is 14.7 Å². The summed E-state index contributed by atoms with van der Waals surface area (Å²) in [7, 11) is 0. The lowest BCUT2D eigenvalue weighted by atomic mass is 10.1. The first-order chi connectivity index (χ1) is 19.4. The molecule has 5 rings (SSSR count). The molecule has 2 aliphatic rings. The van der Waals surface area contributed by atoms with Gasteiger partial charge in [0.2, 0.25) is 11.8 Å². The van der Waals surface area contributed by atoms with E-state index in [2.05, 4.69) is 15.2 Å². The molecular formula is C27H23F4N5O5. The molecule has 1 saturated heterocycles. The molecule has 41 heavy (non-hydrogen) atoms. The molecule has 2 amide bonds. The minimum atomic E-state index is -5.12. The Bertz CT molecular complexity index is 1600. The molecule has 3 aromatic rings. The van der Waals surface area contributed by atoms with Crippen LogP contribution in [0.5, 0.6) is 11.5 Å². The number of fused-ring (bicyclic) bond motifs is 2. The number of rotatable bonds is 8. The maximum absolute atomic E-state index is 14.6. The number of benzene rings is 2. The van der Waals surface area contributed by atoms with Crippen LogP contribution in [0, 0.1) is 23.1 Å². The fourth-order valence-corrected chi connectivity index (χ4v) is 5.13. The van der Waals surface area contributed by atoms with Gasteiger partial charge in [0, 0.05) is 18.4 Å². The van der Waals surface area contributed by atoms with Crippen molar-refractivity contribution in [1.29, 1.82) is 5.26 Å². The van der Waals surface area contributed by atoms with Gasteiger partial charge in [0.1, 0.15) is 30.1 Å². The molecule has 1 saturated carbocycles. The van der Waals surface area contributed by atoms with E-state index in [1.807, 2.05) is 6.07 Å². The van der Waals surface area contributed by atoms with E-state index in [0.29, 0.717) is 29.5 Å². The average Bonchev–Trinajstić information content (AvgIpc) is 3.41. The zero-order valence-corrected chi connectivity index (χ0v) is 21.7. The minimum Gasteiger partial charge on any atom is -0.476 e. The largest absolute Gasteiger partial charge is 0.573 e. The Labute approximate surface area is 230 Å². The maximum Gasteiger partial charge on any atom is 0.573 e. The van der Waals surface area contributed by atoms with Crippen LogP contribution in [-0.2, 0) is 16.1 Å². The number of aromatic nitrogens is 2. The highest BCUT2D eigenvalue weighted by Crippen LogP contribution is 2.48. The number of likely N-dealkylation sites (tertiary alicyclic amines) is 1. The number of Topliss-reactive ketones (excluding diaryl/α,β-unsaturated/α-hetero) is 1. The second-order valence-electron chi connectivity index (χ2n) is 9.90. The first-order valence-electron chi connectivity index (χ1n) is 12.6. The molecule has 1 aromatic heterocycles. The number of hydrogen-bond donors (Lipinski definition) is 1. The van der Waals surface area contributed by atoms with Gasteiger partial charge in [0.25, 0.3) is 0 Å². The third-order valence-corrected chi connectivity index (χ3v) is 6.98. The lowest BCUT2D eigenvalue weighted by Gasteiger charge is -2.27. The Kier molecular flexibility index (Phi) is 7.06. The van der Waals surface area contributed by atoms with E-state index in [9.17, 15) is 31.9 Å². The van der Waals surface area contributed by atoms with E-state index in [1.54, 1.807) is 25.1 Å². The number of carbonyl (C=O) groups excluding carboxylic acids is 3. The molecule has 0 radical (unpaired) electrons. The molecule has 14 heteroatoms. The summed E-state index contributed by atoms with van der Waals surface area (Å²) in [4.78, 5) is 40.3. The Hall–Kier alpha value is -4.67. The predicted octanol–water partition coefficient (Wildman–Crippen LogP) is 4.20. The topological polar surface area (TPSA) is 127 Å². The van der Waals surface area contributed by atoms with Crippen LogP contribution in [0.2, 0.25) is 0 Å². The van der Waals surface area contributed by atoms with E-state index in [1.165, 1.54) is 16.5 Å². The Morgan fingerprint density at radius 2 is 1.98 bits per heavy atom. The van der Waals surface area contributed by atoms with Crippen LogP contribution in [0.3, 0.4) is 0 Å². The molecule has 0 spiro atoms. The number of nitrogens with one attached hydrogen (secondary N) is 1. The average molecular weight is 574 g/mol. The third kappa shape index (κ3) is 5.65. The fourth-order valence-electron chi connectivity index (χ4n) is 5.13. The summed E-state index contributed by atoms with van der Waals surface area (Å²) in [6.07, 6.45) is -4.88. The smallest absolute Gasteiger partial charge is 0.476 e. The van der Waals surface area contributed by atoms with Gasteiger partial charge in [-0.1, -0.05) is 6.07 Å². The van der Waals surface area contributed by atoms with Gasteiger partial charge < -0.3 is 19.7 Å². The summed E-state index contributed by atoms with van der Waals surface area (Å²) in [5.41, 5.74) is 0.0357. The van der Waals surface area contributed by atoms with E-state index in [0.717, 1.165) is 18.2 Å². The summed E-state index contributed by atoms with van der Waals surface area (Å²) in [6, 6.07) is 8.46.